The Bertz CT molecular complexity index is 969. The Labute approximate surface area is 181 Å². The summed E-state index contributed by atoms with van der Waals surface area (Å²) >= 11 is 7.72. The van der Waals surface area contributed by atoms with Crippen LogP contribution in [0.3, 0.4) is 0 Å². The van der Waals surface area contributed by atoms with Crippen LogP contribution in [0.15, 0.2) is 53.7 Å². The van der Waals surface area contributed by atoms with Crippen LogP contribution in [0.1, 0.15) is 24.8 Å². The van der Waals surface area contributed by atoms with Crippen molar-refractivity contribution in [2.75, 3.05) is 19.8 Å². The first kappa shape index (κ1) is 21.4. The Kier molecular flexibility index (Phi) is 7.34. The normalized spacial score (nSPS) is 10.9. The van der Waals surface area contributed by atoms with E-state index < -0.39 is 0 Å². The SMILES string of the molecule is Cc1ccccc1-n1c(SCCCCC(=O)N(C)C)nnc1-c1ccc(Cl)cc1. The summed E-state index contributed by atoms with van der Waals surface area (Å²) in [6.45, 7) is 2.09. The Balaban J connectivity index is 1.81. The number of aryl methyl sites for hydroxylation is 1. The van der Waals surface area contributed by atoms with E-state index >= 15 is 0 Å². The lowest BCUT2D eigenvalue weighted by Gasteiger charge is -2.13. The van der Waals surface area contributed by atoms with E-state index in [-0.39, 0.29) is 5.91 Å². The van der Waals surface area contributed by atoms with Crippen molar-refractivity contribution in [3.63, 3.8) is 0 Å². The minimum absolute atomic E-state index is 0.170. The highest BCUT2D eigenvalue weighted by Gasteiger charge is 2.17. The monoisotopic (exact) mass is 428 g/mol. The van der Waals surface area contributed by atoms with Crippen LogP contribution in [0.4, 0.5) is 0 Å². The van der Waals surface area contributed by atoms with E-state index in [2.05, 4.69) is 33.8 Å². The molecular formula is C22H25ClN4OS. The Hall–Kier alpha value is -2.31. The largest absolute Gasteiger partial charge is 0.349 e. The number of rotatable bonds is 8. The van der Waals surface area contributed by atoms with Gasteiger partial charge in [0.1, 0.15) is 0 Å². The zero-order chi connectivity index (χ0) is 20.8. The van der Waals surface area contributed by atoms with Crippen molar-refractivity contribution in [2.24, 2.45) is 0 Å². The lowest BCUT2D eigenvalue weighted by atomic mass is 10.1. The first-order chi connectivity index (χ1) is 14.0. The average Bonchev–Trinajstić information content (AvgIpc) is 3.12. The molecule has 0 saturated heterocycles. The fourth-order valence-electron chi connectivity index (χ4n) is 2.95. The maximum absolute atomic E-state index is 11.7. The number of carbonyl (C=O) groups excluding carboxylic acids is 1. The van der Waals surface area contributed by atoms with Crippen LogP contribution in [-0.4, -0.2) is 45.4 Å². The maximum Gasteiger partial charge on any atom is 0.222 e. The summed E-state index contributed by atoms with van der Waals surface area (Å²) < 4.78 is 2.11. The lowest BCUT2D eigenvalue weighted by molar-refractivity contribution is -0.128. The molecule has 0 aliphatic heterocycles. The predicted octanol–water partition coefficient (Wildman–Crippen LogP) is 5.25. The molecule has 0 aliphatic rings. The zero-order valence-corrected chi connectivity index (χ0v) is 18.5. The van der Waals surface area contributed by atoms with Crippen LogP contribution >= 0.6 is 23.4 Å². The number of carbonyl (C=O) groups is 1. The summed E-state index contributed by atoms with van der Waals surface area (Å²) in [6.07, 6.45) is 2.39. The second-order valence-corrected chi connectivity index (χ2v) is 8.53. The summed E-state index contributed by atoms with van der Waals surface area (Å²) in [5, 5.41) is 10.5. The zero-order valence-electron chi connectivity index (χ0n) is 16.9. The lowest BCUT2D eigenvalue weighted by Crippen LogP contribution is -2.21. The molecule has 0 aliphatic carbocycles. The molecule has 0 spiro atoms. The highest BCUT2D eigenvalue weighted by molar-refractivity contribution is 7.99. The molecule has 1 amide bonds. The number of amides is 1. The molecule has 152 valence electrons. The van der Waals surface area contributed by atoms with Gasteiger partial charge in [0.15, 0.2) is 11.0 Å². The Morgan fingerprint density at radius 1 is 1.07 bits per heavy atom. The van der Waals surface area contributed by atoms with Crippen LogP contribution in [0.25, 0.3) is 17.1 Å². The van der Waals surface area contributed by atoms with Crippen LogP contribution in [0, 0.1) is 6.92 Å². The van der Waals surface area contributed by atoms with Gasteiger partial charge in [0.05, 0.1) is 5.69 Å². The predicted molar refractivity (Wildman–Crippen MR) is 120 cm³/mol. The van der Waals surface area contributed by atoms with Gasteiger partial charge in [-0.1, -0.05) is 41.6 Å². The quantitative estimate of drug-likeness (QED) is 0.363. The van der Waals surface area contributed by atoms with Crippen molar-refractivity contribution in [1.82, 2.24) is 19.7 Å². The van der Waals surface area contributed by atoms with E-state index in [4.69, 9.17) is 11.6 Å². The molecule has 0 fully saturated rings. The van der Waals surface area contributed by atoms with Gasteiger partial charge in [-0.25, -0.2) is 0 Å². The fourth-order valence-corrected chi connectivity index (χ4v) is 4.02. The molecule has 0 bridgehead atoms. The van der Waals surface area contributed by atoms with Gasteiger partial charge in [0.2, 0.25) is 5.91 Å². The summed E-state index contributed by atoms with van der Waals surface area (Å²) in [6, 6.07) is 15.9. The third kappa shape index (κ3) is 5.40. The number of halogens is 1. The van der Waals surface area contributed by atoms with Gasteiger partial charge in [-0.05, 0) is 55.7 Å². The van der Waals surface area contributed by atoms with Crippen LogP contribution in [0.5, 0.6) is 0 Å². The molecule has 5 nitrogen and oxygen atoms in total. The van der Waals surface area contributed by atoms with Gasteiger partial charge in [-0.2, -0.15) is 0 Å². The molecule has 0 radical (unpaired) electrons. The second kappa shape index (κ2) is 9.94. The van der Waals surface area contributed by atoms with Crippen LogP contribution in [-0.2, 0) is 4.79 Å². The van der Waals surface area contributed by atoms with Gasteiger partial charge in [0.25, 0.3) is 0 Å². The molecule has 3 rings (SSSR count). The van der Waals surface area contributed by atoms with Crippen molar-refractivity contribution < 1.29 is 4.79 Å². The number of hydrogen-bond donors (Lipinski definition) is 0. The van der Waals surface area contributed by atoms with Gasteiger partial charge in [-0.15, -0.1) is 10.2 Å². The summed E-state index contributed by atoms with van der Waals surface area (Å²) in [4.78, 5) is 13.4. The van der Waals surface area contributed by atoms with Crippen LogP contribution in [0.2, 0.25) is 5.02 Å². The minimum atomic E-state index is 0.170. The maximum atomic E-state index is 11.7. The number of nitrogens with zero attached hydrogens (tertiary/aromatic N) is 4. The second-order valence-electron chi connectivity index (χ2n) is 7.03. The van der Waals surface area contributed by atoms with E-state index in [0.717, 1.165) is 46.4 Å². The van der Waals surface area contributed by atoms with Crippen molar-refractivity contribution in [3.05, 3.63) is 59.1 Å². The number of hydrogen-bond acceptors (Lipinski definition) is 4. The van der Waals surface area contributed by atoms with Gasteiger partial charge >= 0.3 is 0 Å². The molecule has 2 aromatic carbocycles. The number of benzene rings is 2. The molecule has 3 aromatic rings. The van der Waals surface area contributed by atoms with Crippen LogP contribution < -0.4 is 0 Å². The van der Waals surface area contributed by atoms with Crippen molar-refractivity contribution in [1.29, 1.82) is 0 Å². The van der Waals surface area contributed by atoms with Crippen molar-refractivity contribution >= 4 is 29.3 Å². The third-order valence-electron chi connectivity index (χ3n) is 4.61. The van der Waals surface area contributed by atoms with Gasteiger partial charge < -0.3 is 4.90 Å². The molecule has 0 N–H and O–H groups in total. The molecule has 1 aromatic heterocycles. The summed E-state index contributed by atoms with van der Waals surface area (Å²) in [5.41, 5.74) is 3.18. The Morgan fingerprint density at radius 2 is 1.79 bits per heavy atom. The topological polar surface area (TPSA) is 51.0 Å². The fraction of sp³-hybridized carbons (Fsp3) is 0.318. The molecular weight excluding hydrogens is 404 g/mol. The highest BCUT2D eigenvalue weighted by Crippen LogP contribution is 2.30. The minimum Gasteiger partial charge on any atom is -0.349 e. The summed E-state index contributed by atoms with van der Waals surface area (Å²) in [5.74, 6) is 1.84. The van der Waals surface area contributed by atoms with Crippen molar-refractivity contribution in [2.45, 2.75) is 31.3 Å². The van der Waals surface area contributed by atoms with E-state index in [1.165, 1.54) is 0 Å². The average molecular weight is 429 g/mol. The summed E-state index contributed by atoms with van der Waals surface area (Å²) in [7, 11) is 3.58. The van der Waals surface area contributed by atoms with E-state index in [1.54, 1.807) is 30.8 Å². The molecule has 0 atom stereocenters. The van der Waals surface area contributed by atoms with Gasteiger partial charge in [-0.3, -0.25) is 9.36 Å². The number of unbranched alkanes of at least 4 members (excludes halogenated alkanes) is 1. The molecule has 7 heteroatoms. The third-order valence-corrected chi connectivity index (χ3v) is 5.87. The highest BCUT2D eigenvalue weighted by atomic mass is 35.5. The van der Waals surface area contributed by atoms with E-state index in [1.807, 2.05) is 36.4 Å². The van der Waals surface area contributed by atoms with Crippen molar-refractivity contribution in [3.8, 4) is 17.1 Å². The van der Waals surface area contributed by atoms with Gasteiger partial charge in [0, 0.05) is 36.9 Å². The number of para-hydroxylation sites is 1. The smallest absolute Gasteiger partial charge is 0.222 e. The first-order valence-corrected chi connectivity index (χ1v) is 10.9. The first-order valence-electron chi connectivity index (χ1n) is 9.57. The Morgan fingerprint density at radius 3 is 2.48 bits per heavy atom. The molecule has 0 saturated carbocycles. The standard InChI is InChI=1S/C22H25ClN4OS/c1-16-8-4-5-9-19(16)27-21(17-11-13-18(23)14-12-17)24-25-22(27)29-15-7-6-10-20(28)26(2)3/h4-5,8-9,11-14H,6-7,10,15H2,1-3H3. The van der Waals surface area contributed by atoms with E-state index in [0.29, 0.717) is 11.4 Å². The molecule has 1 heterocycles. The number of aromatic nitrogens is 3. The molecule has 29 heavy (non-hydrogen) atoms. The number of thioether (sulfide) groups is 1. The van der Waals surface area contributed by atoms with E-state index in [9.17, 15) is 4.79 Å². The molecule has 0 unspecified atom stereocenters.